The molecule has 0 aliphatic heterocycles. The molecule has 0 atom stereocenters. The molecule has 1 aromatic carbocycles. The first-order valence-electron chi connectivity index (χ1n) is 6.04. The van der Waals surface area contributed by atoms with Gasteiger partial charge in [-0.1, -0.05) is 6.92 Å². The van der Waals surface area contributed by atoms with Crippen LogP contribution in [0.4, 0.5) is 13.2 Å². The molecule has 5 nitrogen and oxygen atoms in total. The van der Waals surface area contributed by atoms with Gasteiger partial charge in [0.05, 0.1) is 5.56 Å². The van der Waals surface area contributed by atoms with Gasteiger partial charge in [0, 0.05) is 12.0 Å². The molecule has 21 heavy (non-hydrogen) atoms. The summed E-state index contributed by atoms with van der Waals surface area (Å²) in [6.07, 6.45) is -3.77. The maximum absolute atomic E-state index is 12.9. The van der Waals surface area contributed by atoms with Crippen LogP contribution in [-0.2, 0) is 19.2 Å². The van der Waals surface area contributed by atoms with Crippen molar-refractivity contribution in [1.29, 1.82) is 0 Å². The molecule has 0 radical (unpaired) electrons. The van der Waals surface area contributed by atoms with E-state index >= 15 is 0 Å². The molecular weight excluding hydrogens is 289 g/mol. The molecule has 0 aliphatic rings. The molecule has 1 aromatic heterocycles. The number of hydrogen-bond acceptors (Lipinski definition) is 5. The van der Waals surface area contributed by atoms with Crippen LogP contribution in [0.15, 0.2) is 22.6 Å². The van der Waals surface area contributed by atoms with Crippen molar-refractivity contribution in [3.8, 4) is 5.75 Å². The highest BCUT2D eigenvalue weighted by Crippen LogP contribution is 2.36. The molecule has 0 unspecified atom stereocenters. The number of aldehydes is 1. The average molecular weight is 300 g/mol. The maximum Gasteiger partial charge on any atom is 0.419 e. The molecule has 0 N–H and O–H groups in total. The fourth-order valence-electron chi connectivity index (χ4n) is 1.60. The van der Waals surface area contributed by atoms with Gasteiger partial charge in [0.15, 0.2) is 6.61 Å². The van der Waals surface area contributed by atoms with Crippen molar-refractivity contribution in [2.24, 2.45) is 0 Å². The lowest BCUT2D eigenvalue weighted by Gasteiger charge is -2.13. The van der Waals surface area contributed by atoms with E-state index in [1.165, 1.54) is 6.07 Å². The summed E-state index contributed by atoms with van der Waals surface area (Å²) < 4.78 is 48.9. The Morgan fingerprint density at radius 1 is 1.29 bits per heavy atom. The molecule has 0 saturated carbocycles. The van der Waals surface area contributed by atoms with Crippen molar-refractivity contribution in [1.82, 2.24) is 10.2 Å². The first-order chi connectivity index (χ1) is 9.94. The van der Waals surface area contributed by atoms with E-state index < -0.39 is 17.5 Å². The lowest BCUT2D eigenvalue weighted by atomic mass is 10.1. The SMILES string of the molecule is CCc1nnc(COc2ccc(C=O)cc2C(F)(F)F)o1. The minimum atomic E-state index is -4.63. The smallest absolute Gasteiger partial charge is 0.419 e. The molecule has 2 aromatic rings. The summed E-state index contributed by atoms with van der Waals surface area (Å²) in [4.78, 5) is 10.6. The van der Waals surface area contributed by atoms with Crippen molar-refractivity contribution in [2.75, 3.05) is 0 Å². The average Bonchev–Trinajstić information content (AvgIpc) is 2.92. The van der Waals surface area contributed by atoms with Crippen molar-refractivity contribution in [2.45, 2.75) is 26.1 Å². The van der Waals surface area contributed by atoms with Crippen LogP contribution in [0.1, 0.15) is 34.6 Å². The molecule has 0 bridgehead atoms. The summed E-state index contributed by atoms with van der Waals surface area (Å²) in [6, 6.07) is 3.06. The zero-order valence-electron chi connectivity index (χ0n) is 11.0. The number of rotatable bonds is 5. The second kappa shape index (κ2) is 5.94. The fraction of sp³-hybridized carbons (Fsp3) is 0.308. The van der Waals surface area contributed by atoms with E-state index in [4.69, 9.17) is 9.15 Å². The van der Waals surface area contributed by atoms with Gasteiger partial charge in [0.25, 0.3) is 5.89 Å². The van der Waals surface area contributed by atoms with Crippen LogP contribution in [0, 0.1) is 0 Å². The lowest BCUT2D eigenvalue weighted by Crippen LogP contribution is -2.09. The predicted molar refractivity (Wildman–Crippen MR) is 64.8 cm³/mol. The summed E-state index contributed by atoms with van der Waals surface area (Å²) in [6.45, 7) is 1.52. The third-order valence-electron chi connectivity index (χ3n) is 2.61. The maximum atomic E-state index is 12.9. The number of carbonyl (C=O) groups is 1. The fourth-order valence-corrected chi connectivity index (χ4v) is 1.60. The van der Waals surface area contributed by atoms with E-state index in [9.17, 15) is 18.0 Å². The molecule has 0 saturated heterocycles. The van der Waals surface area contributed by atoms with E-state index in [0.717, 1.165) is 12.1 Å². The second-order valence-electron chi connectivity index (χ2n) is 4.10. The van der Waals surface area contributed by atoms with Gasteiger partial charge in [-0.2, -0.15) is 13.2 Å². The highest BCUT2D eigenvalue weighted by atomic mass is 19.4. The largest absolute Gasteiger partial charge is 0.483 e. The summed E-state index contributed by atoms with van der Waals surface area (Å²) in [5.41, 5.74) is -1.11. The van der Waals surface area contributed by atoms with Crippen LogP contribution < -0.4 is 4.74 Å². The van der Waals surface area contributed by atoms with Crippen molar-refractivity contribution >= 4 is 6.29 Å². The highest BCUT2D eigenvalue weighted by Gasteiger charge is 2.34. The van der Waals surface area contributed by atoms with Crippen LogP contribution >= 0.6 is 0 Å². The van der Waals surface area contributed by atoms with Gasteiger partial charge in [0.1, 0.15) is 12.0 Å². The standard InChI is InChI=1S/C13H11F3N2O3/c1-2-11-17-18-12(21-11)7-20-10-4-3-8(6-19)5-9(10)13(14,15)16/h3-6H,2,7H2,1H3. The first kappa shape index (κ1) is 15.0. The molecular formula is C13H11F3N2O3. The Morgan fingerprint density at radius 3 is 2.57 bits per heavy atom. The molecule has 1 heterocycles. The van der Waals surface area contributed by atoms with E-state index in [-0.39, 0.29) is 18.1 Å². The predicted octanol–water partition coefficient (Wildman–Crippen LogP) is 3.04. The van der Waals surface area contributed by atoms with E-state index in [1.807, 2.05) is 0 Å². The van der Waals surface area contributed by atoms with Crippen LogP contribution in [0.2, 0.25) is 0 Å². The number of alkyl halides is 3. The van der Waals surface area contributed by atoms with Gasteiger partial charge >= 0.3 is 6.18 Å². The third kappa shape index (κ3) is 3.59. The Labute approximate surface area is 117 Å². The third-order valence-corrected chi connectivity index (χ3v) is 2.61. The van der Waals surface area contributed by atoms with E-state index in [0.29, 0.717) is 18.6 Å². The zero-order valence-corrected chi connectivity index (χ0v) is 11.0. The number of carbonyl (C=O) groups excluding carboxylic acids is 1. The summed E-state index contributed by atoms with van der Waals surface area (Å²) in [7, 11) is 0. The zero-order chi connectivity index (χ0) is 15.5. The van der Waals surface area contributed by atoms with Gasteiger partial charge in [0.2, 0.25) is 5.89 Å². The van der Waals surface area contributed by atoms with Crippen molar-refractivity contribution in [3.63, 3.8) is 0 Å². The van der Waals surface area contributed by atoms with Gasteiger partial charge in [-0.3, -0.25) is 4.79 Å². The molecule has 0 aliphatic carbocycles. The topological polar surface area (TPSA) is 65.2 Å². The summed E-state index contributed by atoms with van der Waals surface area (Å²) in [5, 5.41) is 7.33. The van der Waals surface area contributed by atoms with Crippen LogP contribution in [0.3, 0.4) is 0 Å². The Hall–Kier alpha value is -2.38. The van der Waals surface area contributed by atoms with Crippen molar-refractivity contribution in [3.05, 3.63) is 41.1 Å². The van der Waals surface area contributed by atoms with Gasteiger partial charge in [-0.05, 0) is 18.2 Å². The minimum absolute atomic E-state index is 0.0827. The molecule has 0 spiro atoms. The molecule has 8 heteroatoms. The molecule has 2 rings (SSSR count). The summed E-state index contributed by atoms with van der Waals surface area (Å²) >= 11 is 0. The lowest BCUT2D eigenvalue weighted by molar-refractivity contribution is -0.139. The molecule has 112 valence electrons. The number of aromatic nitrogens is 2. The normalized spacial score (nSPS) is 11.4. The van der Waals surface area contributed by atoms with Gasteiger partial charge in [-0.25, -0.2) is 0 Å². The van der Waals surface area contributed by atoms with Gasteiger partial charge in [-0.15, -0.1) is 10.2 Å². The van der Waals surface area contributed by atoms with Crippen molar-refractivity contribution < 1.29 is 27.1 Å². The Balaban J connectivity index is 2.20. The number of aryl methyl sites for hydroxylation is 1. The Bertz CT molecular complexity index is 638. The molecule has 0 fully saturated rings. The highest BCUT2D eigenvalue weighted by molar-refractivity contribution is 5.75. The van der Waals surface area contributed by atoms with E-state index in [2.05, 4.69) is 10.2 Å². The molecule has 0 amide bonds. The number of nitrogens with zero attached hydrogens (tertiary/aromatic N) is 2. The summed E-state index contributed by atoms with van der Waals surface area (Å²) in [5.74, 6) is 0.0599. The number of halogens is 3. The number of ether oxygens (including phenoxy) is 1. The monoisotopic (exact) mass is 300 g/mol. The quantitative estimate of drug-likeness (QED) is 0.794. The Morgan fingerprint density at radius 2 is 2.00 bits per heavy atom. The Kier molecular flexibility index (Phi) is 4.25. The van der Waals surface area contributed by atoms with Crippen LogP contribution in [0.5, 0.6) is 5.75 Å². The van der Waals surface area contributed by atoms with Gasteiger partial charge < -0.3 is 9.15 Å². The number of benzene rings is 1. The number of hydrogen-bond donors (Lipinski definition) is 0. The van der Waals surface area contributed by atoms with E-state index in [1.54, 1.807) is 6.92 Å². The minimum Gasteiger partial charge on any atom is -0.483 e. The second-order valence-corrected chi connectivity index (χ2v) is 4.10. The van der Waals surface area contributed by atoms with Crippen LogP contribution in [0.25, 0.3) is 0 Å². The first-order valence-corrected chi connectivity index (χ1v) is 6.04. The van der Waals surface area contributed by atoms with Crippen LogP contribution in [-0.4, -0.2) is 16.5 Å².